The molecule has 1 aliphatic rings. The lowest BCUT2D eigenvalue weighted by Gasteiger charge is -2.33. The molecule has 5 nitrogen and oxygen atoms in total. The van der Waals surface area contributed by atoms with Crippen molar-refractivity contribution in [2.75, 3.05) is 32.7 Å². The molecule has 0 bridgehead atoms. The number of hydrogen-bond acceptors (Lipinski definition) is 4. The lowest BCUT2D eigenvalue weighted by molar-refractivity contribution is -0.274. The number of sulfonamides is 1. The van der Waals surface area contributed by atoms with Gasteiger partial charge in [0.15, 0.2) is 0 Å². The van der Waals surface area contributed by atoms with E-state index < -0.39 is 22.1 Å². The average molecular weight is 426 g/mol. The third-order valence-corrected chi connectivity index (χ3v) is 6.41. The normalized spacial score (nSPS) is 16.9. The number of piperazine rings is 1. The molecule has 1 fully saturated rings. The molecule has 0 atom stereocenters. The first-order chi connectivity index (χ1) is 13.7. The van der Waals surface area contributed by atoms with Crippen LogP contribution in [0.15, 0.2) is 65.6 Å². The molecular weight excluding hydrogens is 405 g/mol. The van der Waals surface area contributed by atoms with E-state index in [1.807, 2.05) is 42.5 Å². The molecule has 0 radical (unpaired) electrons. The highest BCUT2D eigenvalue weighted by atomic mass is 32.2. The minimum atomic E-state index is -4.81. The molecule has 0 amide bonds. The molecular formula is C20H21F3N2O3S. The Hall–Kier alpha value is -2.36. The summed E-state index contributed by atoms with van der Waals surface area (Å²) in [7, 11) is -3.76. The van der Waals surface area contributed by atoms with Gasteiger partial charge in [0.25, 0.3) is 0 Å². The fourth-order valence-corrected chi connectivity index (χ4v) is 4.44. The molecule has 0 spiro atoms. The third kappa shape index (κ3) is 6.06. The summed E-state index contributed by atoms with van der Waals surface area (Å²) in [5.74, 6) is -0.452. The van der Waals surface area contributed by atoms with E-state index in [9.17, 15) is 21.6 Å². The second-order valence-electron chi connectivity index (χ2n) is 6.54. The van der Waals surface area contributed by atoms with Crippen LogP contribution in [0.25, 0.3) is 6.08 Å². The summed E-state index contributed by atoms with van der Waals surface area (Å²) < 4.78 is 67.3. The van der Waals surface area contributed by atoms with Gasteiger partial charge in [0.1, 0.15) is 5.75 Å². The standard InChI is InChI=1S/C20H21F3N2O3S/c21-20(22,23)28-18-8-10-19(11-9-18)29(26,27)25-15-13-24(14-16-25)12-4-7-17-5-2-1-3-6-17/h1-11H,12-16H2. The summed E-state index contributed by atoms with van der Waals surface area (Å²) >= 11 is 0. The van der Waals surface area contributed by atoms with Crippen LogP contribution < -0.4 is 4.74 Å². The van der Waals surface area contributed by atoms with E-state index in [-0.39, 0.29) is 4.90 Å². The number of nitrogens with zero attached hydrogens (tertiary/aromatic N) is 2. The molecule has 1 saturated heterocycles. The Balaban J connectivity index is 1.54. The summed E-state index contributed by atoms with van der Waals surface area (Å²) in [6, 6.07) is 14.2. The second-order valence-corrected chi connectivity index (χ2v) is 8.47. The molecule has 156 valence electrons. The molecule has 0 N–H and O–H groups in total. The number of benzene rings is 2. The lowest BCUT2D eigenvalue weighted by atomic mass is 10.2. The van der Waals surface area contributed by atoms with Gasteiger partial charge in [-0.25, -0.2) is 8.42 Å². The van der Waals surface area contributed by atoms with Crippen LogP contribution in [0.2, 0.25) is 0 Å². The molecule has 9 heteroatoms. The van der Waals surface area contributed by atoms with Crippen molar-refractivity contribution in [3.05, 3.63) is 66.2 Å². The summed E-state index contributed by atoms with van der Waals surface area (Å²) in [6.45, 7) is 2.51. The molecule has 0 aromatic heterocycles. The Bertz CT molecular complexity index is 922. The van der Waals surface area contributed by atoms with Crippen LogP contribution in [-0.4, -0.2) is 56.7 Å². The van der Waals surface area contributed by atoms with Gasteiger partial charge in [0.05, 0.1) is 4.90 Å². The van der Waals surface area contributed by atoms with E-state index in [1.54, 1.807) is 0 Å². The fourth-order valence-electron chi connectivity index (χ4n) is 3.02. The van der Waals surface area contributed by atoms with Gasteiger partial charge in [0.2, 0.25) is 10.0 Å². The van der Waals surface area contributed by atoms with E-state index in [2.05, 4.69) is 9.64 Å². The predicted octanol–water partition coefficient (Wildman–Crippen LogP) is 3.60. The highest BCUT2D eigenvalue weighted by Crippen LogP contribution is 2.25. The van der Waals surface area contributed by atoms with Gasteiger partial charge >= 0.3 is 6.36 Å². The van der Waals surface area contributed by atoms with Crippen LogP contribution in [0.4, 0.5) is 13.2 Å². The van der Waals surface area contributed by atoms with Crippen LogP contribution in [0, 0.1) is 0 Å². The Morgan fingerprint density at radius 2 is 1.55 bits per heavy atom. The maximum atomic E-state index is 12.7. The molecule has 1 aliphatic heterocycles. The molecule has 2 aromatic carbocycles. The molecule has 0 saturated carbocycles. The van der Waals surface area contributed by atoms with Crippen LogP contribution in [0.3, 0.4) is 0 Å². The van der Waals surface area contributed by atoms with Crippen molar-refractivity contribution < 1.29 is 26.3 Å². The zero-order chi connectivity index (χ0) is 20.9. The van der Waals surface area contributed by atoms with Gasteiger partial charge < -0.3 is 4.74 Å². The van der Waals surface area contributed by atoms with E-state index in [0.717, 1.165) is 29.8 Å². The van der Waals surface area contributed by atoms with Crippen molar-refractivity contribution in [2.24, 2.45) is 0 Å². The van der Waals surface area contributed by atoms with Gasteiger partial charge in [-0.3, -0.25) is 4.90 Å². The second kappa shape index (κ2) is 8.98. The van der Waals surface area contributed by atoms with Crippen molar-refractivity contribution in [1.29, 1.82) is 0 Å². The van der Waals surface area contributed by atoms with Crippen LogP contribution in [0.1, 0.15) is 5.56 Å². The van der Waals surface area contributed by atoms with Gasteiger partial charge in [-0.05, 0) is 29.8 Å². The van der Waals surface area contributed by atoms with Crippen molar-refractivity contribution >= 4 is 16.1 Å². The Morgan fingerprint density at radius 3 is 2.14 bits per heavy atom. The monoisotopic (exact) mass is 426 g/mol. The number of hydrogen-bond donors (Lipinski definition) is 0. The van der Waals surface area contributed by atoms with Crippen molar-refractivity contribution in [2.45, 2.75) is 11.3 Å². The highest BCUT2D eigenvalue weighted by molar-refractivity contribution is 7.89. The van der Waals surface area contributed by atoms with Crippen molar-refractivity contribution in [1.82, 2.24) is 9.21 Å². The van der Waals surface area contributed by atoms with E-state index in [4.69, 9.17) is 0 Å². The number of alkyl halides is 3. The zero-order valence-corrected chi connectivity index (χ0v) is 16.4. The third-order valence-electron chi connectivity index (χ3n) is 4.50. The summed E-state index contributed by atoms with van der Waals surface area (Å²) in [5.41, 5.74) is 1.10. The van der Waals surface area contributed by atoms with Crippen molar-refractivity contribution in [3.8, 4) is 5.75 Å². The SMILES string of the molecule is O=S(=O)(c1ccc(OC(F)(F)F)cc1)N1CCN(CC=Cc2ccccc2)CC1. The molecule has 29 heavy (non-hydrogen) atoms. The van der Waals surface area contributed by atoms with Gasteiger partial charge in [-0.2, -0.15) is 4.31 Å². The first-order valence-electron chi connectivity index (χ1n) is 9.04. The summed E-state index contributed by atoms with van der Waals surface area (Å²) in [5, 5.41) is 0. The lowest BCUT2D eigenvalue weighted by Crippen LogP contribution is -2.48. The number of ether oxygens (including phenoxy) is 1. The average Bonchev–Trinajstić information content (AvgIpc) is 2.68. The van der Waals surface area contributed by atoms with Crippen LogP contribution >= 0.6 is 0 Å². The minimum Gasteiger partial charge on any atom is -0.406 e. The van der Waals surface area contributed by atoms with Crippen LogP contribution in [-0.2, 0) is 10.0 Å². The maximum Gasteiger partial charge on any atom is 0.573 e. The Labute approximate surface area is 168 Å². The first kappa shape index (κ1) is 21.4. The quantitative estimate of drug-likeness (QED) is 0.708. The maximum absolute atomic E-state index is 12.7. The molecule has 3 rings (SSSR count). The molecule has 0 aliphatic carbocycles. The molecule has 1 heterocycles. The first-order valence-corrected chi connectivity index (χ1v) is 10.5. The van der Waals surface area contributed by atoms with E-state index in [0.29, 0.717) is 32.7 Å². The fraction of sp³-hybridized carbons (Fsp3) is 0.300. The van der Waals surface area contributed by atoms with Gasteiger partial charge in [0, 0.05) is 32.7 Å². The zero-order valence-electron chi connectivity index (χ0n) is 15.5. The van der Waals surface area contributed by atoms with E-state index >= 15 is 0 Å². The van der Waals surface area contributed by atoms with E-state index in [1.165, 1.54) is 4.31 Å². The predicted molar refractivity (Wildman–Crippen MR) is 104 cm³/mol. The minimum absolute atomic E-state index is 0.0514. The Kier molecular flexibility index (Phi) is 6.61. The summed E-state index contributed by atoms with van der Waals surface area (Å²) in [4.78, 5) is 2.09. The van der Waals surface area contributed by atoms with Crippen molar-refractivity contribution in [3.63, 3.8) is 0 Å². The molecule has 2 aromatic rings. The summed E-state index contributed by atoms with van der Waals surface area (Å²) in [6.07, 6.45) is -0.752. The molecule has 0 unspecified atom stereocenters. The Morgan fingerprint density at radius 1 is 0.931 bits per heavy atom. The number of rotatable bonds is 6. The van der Waals surface area contributed by atoms with Crippen LogP contribution in [0.5, 0.6) is 5.75 Å². The highest BCUT2D eigenvalue weighted by Gasteiger charge is 2.32. The topological polar surface area (TPSA) is 49.9 Å². The number of halogens is 3. The van der Waals surface area contributed by atoms with Gasteiger partial charge in [-0.15, -0.1) is 13.2 Å². The van der Waals surface area contributed by atoms with Gasteiger partial charge in [-0.1, -0.05) is 42.5 Å². The smallest absolute Gasteiger partial charge is 0.406 e. The largest absolute Gasteiger partial charge is 0.573 e.